The quantitative estimate of drug-likeness (QED) is 0.0473. The third-order valence-corrected chi connectivity index (χ3v) is 8.48. The molecule has 5 heteroatoms. The van der Waals surface area contributed by atoms with Gasteiger partial charge in [-0.05, 0) is 38.9 Å². The Kier molecular flexibility index (Phi) is 40.4. The molecule has 0 bridgehead atoms. The third kappa shape index (κ3) is 43.7. The third-order valence-electron chi connectivity index (χ3n) is 8.48. The van der Waals surface area contributed by atoms with E-state index < -0.39 is 5.09 Å². The number of unbranched alkanes of at least 4 members (excludes halogenated alkanes) is 27. The van der Waals surface area contributed by atoms with Crippen LogP contribution in [0.3, 0.4) is 0 Å². The van der Waals surface area contributed by atoms with Gasteiger partial charge in [-0.15, -0.1) is 10.1 Å². The maximum Gasteiger partial charge on any atom is 0.291 e. The van der Waals surface area contributed by atoms with Crippen molar-refractivity contribution in [3.8, 4) is 0 Å². The van der Waals surface area contributed by atoms with E-state index in [4.69, 9.17) is 15.3 Å². The lowest BCUT2D eigenvalue weighted by atomic mass is 10.1. The van der Waals surface area contributed by atoms with Crippen molar-refractivity contribution >= 4 is 0 Å². The molecular weight excluding hydrogens is 508 g/mol. The van der Waals surface area contributed by atoms with E-state index in [1.165, 1.54) is 212 Å². The number of nitrogens with zero attached hydrogens (tertiary/aromatic N) is 2. The molecule has 0 aromatic heterocycles. The smallest absolute Gasteiger partial charge is 0.291 e. The summed E-state index contributed by atoms with van der Waals surface area (Å²) in [6, 6.07) is 0. The van der Waals surface area contributed by atoms with Gasteiger partial charge in [-0.2, -0.15) is 0 Å². The molecule has 0 aromatic carbocycles. The fraction of sp³-hybridized carbons (Fsp3) is 1.00. The van der Waals surface area contributed by atoms with Crippen molar-refractivity contribution in [3.05, 3.63) is 10.1 Å². The van der Waals surface area contributed by atoms with Crippen LogP contribution >= 0.6 is 0 Å². The molecule has 0 aromatic rings. The van der Waals surface area contributed by atoms with E-state index in [-0.39, 0.29) is 0 Å². The van der Waals surface area contributed by atoms with E-state index in [1.54, 1.807) is 0 Å². The normalized spacial score (nSPS) is 11.1. The molecule has 0 spiro atoms. The Hall–Kier alpha value is -0.840. The van der Waals surface area contributed by atoms with Gasteiger partial charge in [0.1, 0.15) is 0 Å². The maximum atomic E-state index is 8.36. The second kappa shape index (κ2) is 39.2. The summed E-state index contributed by atoms with van der Waals surface area (Å²) in [6.45, 7) is 11.0. The summed E-state index contributed by atoms with van der Waals surface area (Å²) in [7, 11) is 0. The first kappa shape index (κ1) is 42.3. The molecule has 0 saturated heterocycles. The van der Waals surface area contributed by atoms with Crippen molar-refractivity contribution in [1.29, 1.82) is 0 Å². The van der Waals surface area contributed by atoms with Gasteiger partial charge in [0, 0.05) is 0 Å². The van der Waals surface area contributed by atoms with Crippen molar-refractivity contribution in [1.82, 2.24) is 4.90 Å². The van der Waals surface area contributed by atoms with Crippen LogP contribution in [0, 0.1) is 10.1 Å². The molecule has 248 valence electrons. The first-order chi connectivity index (χ1) is 20.1. The van der Waals surface area contributed by atoms with Crippen molar-refractivity contribution < 1.29 is 10.3 Å². The van der Waals surface area contributed by atoms with Gasteiger partial charge in [0.15, 0.2) is 0 Å². The summed E-state index contributed by atoms with van der Waals surface area (Å²) < 4.78 is 0. The van der Waals surface area contributed by atoms with Crippen molar-refractivity contribution in [3.63, 3.8) is 0 Å². The van der Waals surface area contributed by atoms with Crippen LogP contribution in [0.25, 0.3) is 0 Å². The van der Waals surface area contributed by atoms with E-state index in [0.29, 0.717) is 0 Å². The van der Waals surface area contributed by atoms with Crippen molar-refractivity contribution in [2.45, 2.75) is 213 Å². The lowest BCUT2D eigenvalue weighted by Crippen LogP contribution is -2.27. The molecule has 0 heterocycles. The standard InChI is InChI=1S/C36H75N.HNO3/c1-4-7-10-13-16-19-22-25-28-31-34-37(35-32-29-26-23-20-17-14-11-8-5-2)36-33-30-27-24-21-18-15-12-9-6-3;2-1(3)4/h4-36H2,1-3H3;(H,2,3,4). The zero-order valence-corrected chi connectivity index (χ0v) is 28.5. The highest BCUT2D eigenvalue weighted by molar-refractivity contribution is 4.61. The first-order valence-corrected chi connectivity index (χ1v) is 18.6. The Bertz CT molecular complexity index is 415. The van der Waals surface area contributed by atoms with E-state index in [2.05, 4.69) is 25.7 Å². The van der Waals surface area contributed by atoms with E-state index >= 15 is 0 Å². The molecule has 0 aliphatic rings. The van der Waals surface area contributed by atoms with E-state index in [0.717, 1.165) is 0 Å². The Balaban J connectivity index is 0. The second-order valence-corrected chi connectivity index (χ2v) is 12.6. The van der Waals surface area contributed by atoms with Gasteiger partial charge in [0.25, 0.3) is 5.09 Å². The summed E-state index contributed by atoms with van der Waals surface area (Å²) in [4.78, 5) is 11.2. The number of hydrogen-bond donors (Lipinski definition) is 1. The number of rotatable bonds is 33. The molecule has 0 radical (unpaired) electrons. The van der Waals surface area contributed by atoms with Crippen LogP contribution in [-0.4, -0.2) is 34.8 Å². The lowest BCUT2D eigenvalue weighted by molar-refractivity contribution is -0.742. The SMILES string of the molecule is CCCCCCCCCCCCN(CCCCCCCCCCCC)CCCCCCCCCCCC.O=[N+]([O-])O. The van der Waals surface area contributed by atoms with Crippen LogP contribution in [0.4, 0.5) is 0 Å². The zero-order chi connectivity index (χ0) is 30.5. The van der Waals surface area contributed by atoms with Gasteiger partial charge in [-0.1, -0.05) is 194 Å². The average molecular weight is 585 g/mol. The van der Waals surface area contributed by atoms with Crippen LogP contribution in [0.5, 0.6) is 0 Å². The lowest BCUT2D eigenvalue weighted by Gasteiger charge is -2.22. The topological polar surface area (TPSA) is 66.6 Å². The first-order valence-electron chi connectivity index (χ1n) is 18.6. The highest BCUT2D eigenvalue weighted by Gasteiger charge is 2.05. The largest absolute Gasteiger partial charge is 0.328 e. The van der Waals surface area contributed by atoms with Gasteiger partial charge < -0.3 is 10.1 Å². The van der Waals surface area contributed by atoms with Crippen LogP contribution in [0.1, 0.15) is 213 Å². The molecule has 0 amide bonds. The van der Waals surface area contributed by atoms with Gasteiger partial charge >= 0.3 is 0 Å². The summed E-state index contributed by atoms with van der Waals surface area (Å²) >= 11 is 0. The van der Waals surface area contributed by atoms with Crippen molar-refractivity contribution in [2.24, 2.45) is 0 Å². The van der Waals surface area contributed by atoms with E-state index in [1.807, 2.05) is 0 Å². The highest BCUT2D eigenvalue weighted by atomic mass is 16.9. The van der Waals surface area contributed by atoms with Gasteiger partial charge in [0.2, 0.25) is 0 Å². The molecule has 1 N–H and O–H groups in total. The molecule has 0 atom stereocenters. The zero-order valence-electron chi connectivity index (χ0n) is 28.5. The fourth-order valence-electron chi connectivity index (χ4n) is 5.80. The Morgan fingerprint density at radius 3 is 0.707 bits per heavy atom. The van der Waals surface area contributed by atoms with Gasteiger partial charge in [0.05, 0.1) is 0 Å². The van der Waals surface area contributed by atoms with Crippen LogP contribution in [0.15, 0.2) is 0 Å². The Labute approximate surface area is 258 Å². The molecule has 5 nitrogen and oxygen atoms in total. The highest BCUT2D eigenvalue weighted by Crippen LogP contribution is 2.14. The van der Waals surface area contributed by atoms with Crippen molar-refractivity contribution in [2.75, 3.05) is 19.6 Å². The molecular formula is C36H76N2O3. The minimum absolute atomic E-state index is 1.37. The molecule has 0 unspecified atom stereocenters. The number of hydrogen-bond acceptors (Lipinski definition) is 3. The Morgan fingerprint density at radius 1 is 0.390 bits per heavy atom. The minimum Gasteiger partial charge on any atom is -0.328 e. The summed E-state index contributed by atoms with van der Waals surface area (Å²) in [6.07, 6.45) is 43.6. The molecule has 0 aliphatic heterocycles. The minimum atomic E-state index is -1.50. The fourth-order valence-corrected chi connectivity index (χ4v) is 5.80. The molecule has 0 rings (SSSR count). The monoisotopic (exact) mass is 585 g/mol. The van der Waals surface area contributed by atoms with Crippen LogP contribution in [-0.2, 0) is 0 Å². The van der Waals surface area contributed by atoms with Crippen LogP contribution < -0.4 is 0 Å². The molecule has 0 aliphatic carbocycles. The molecule has 41 heavy (non-hydrogen) atoms. The predicted octanol–water partition coefficient (Wildman–Crippen LogP) is 12.7. The molecule has 0 fully saturated rings. The van der Waals surface area contributed by atoms with Gasteiger partial charge in [-0.3, -0.25) is 0 Å². The van der Waals surface area contributed by atoms with Gasteiger partial charge in [-0.25, -0.2) is 0 Å². The van der Waals surface area contributed by atoms with Crippen LogP contribution in [0.2, 0.25) is 0 Å². The second-order valence-electron chi connectivity index (χ2n) is 12.6. The average Bonchev–Trinajstić information content (AvgIpc) is 2.95. The maximum absolute atomic E-state index is 8.36. The summed E-state index contributed by atoms with van der Waals surface area (Å²) in [5.74, 6) is 0. The van der Waals surface area contributed by atoms with E-state index in [9.17, 15) is 0 Å². The predicted molar refractivity (Wildman–Crippen MR) is 181 cm³/mol. The Morgan fingerprint density at radius 2 is 0.537 bits per heavy atom. The summed E-state index contributed by atoms with van der Waals surface area (Å²) in [5.41, 5.74) is 0. The molecule has 0 saturated carbocycles. The summed E-state index contributed by atoms with van der Waals surface area (Å²) in [5, 5.41) is 13.6.